The normalized spacial score (nSPS) is 23.2. The van der Waals surface area contributed by atoms with Gasteiger partial charge >= 0.3 is 0 Å². The zero-order valence-corrected chi connectivity index (χ0v) is 12.0. The molecule has 0 spiro atoms. The van der Waals surface area contributed by atoms with Crippen LogP contribution in [0.1, 0.15) is 43.7 Å². The first kappa shape index (κ1) is 13.1. The molecule has 0 radical (unpaired) electrons. The topological polar surface area (TPSA) is 30.5 Å². The van der Waals surface area contributed by atoms with Crippen molar-refractivity contribution in [2.45, 2.75) is 44.2 Å². The fraction of sp³-hybridized carbons (Fsp3) is 0.600. The molecule has 4 heteroatoms. The highest BCUT2D eigenvalue weighted by molar-refractivity contribution is 6.31. The predicted molar refractivity (Wildman–Crippen MR) is 76.2 cm³/mol. The summed E-state index contributed by atoms with van der Waals surface area (Å²) in [7, 11) is 1.66. The van der Waals surface area contributed by atoms with Gasteiger partial charge in [-0.05, 0) is 50.3 Å². The Labute approximate surface area is 119 Å². The molecule has 0 aromatic heterocycles. The average molecular weight is 282 g/mol. The van der Waals surface area contributed by atoms with Crippen LogP contribution >= 0.6 is 11.6 Å². The van der Waals surface area contributed by atoms with Crippen molar-refractivity contribution in [2.24, 2.45) is 0 Å². The van der Waals surface area contributed by atoms with Gasteiger partial charge in [-0.25, -0.2) is 0 Å². The smallest absolute Gasteiger partial charge is 0.162 e. The minimum atomic E-state index is 0.347. The lowest BCUT2D eigenvalue weighted by molar-refractivity contribution is 0.116. The maximum absolute atomic E-state index is 6.37. The van der Waals surface area contributed by atoms with Crippen molar-refractivity contribution in [3.63, 3.8) is 0 Å². The van der Waals surface area contributed by atoms with Gasteiger partial charge in [0.2, 0.25) is 0 Å². The SMILES string of the molecule is COc1cc(Cl)c(C2CCCN2)cc1OC1CCC1. The van der Waals surface area contributed by atoms with E-state index in [-0.39, 0.29) is 0 Å². The standard InChI is InChI=1S/C15H20ClNO2/c1-18-14-9-12(16)11(13-6-3-7-17-13)8-15(14)19-10-4-2-5-10/h8-10,13,17H,2-7H2,1H3. The second kappa shape index (κ2) is 5.59. The van der Waals surface area contributed by atoms with Crippen LogP contribution in [0.2, 0.25) is 5.02 Å². The van der Waals surface area contributed by atoms with E-state index in [0.717, 1.165) is 47.9 Å². The van der Waals surface area contributed by atoms with Gasteiger partial charge in [-0.1, -0.05) is 11.6 Å². The maximum atomic E-state index is 6.37. The third-order valence-corrected chi connectivity index (χ3v) is 4.39. The molecule has 1 aliphatic carbocycles. The quantitative estimate of drug-likeness (QED) is 0.913. The summed E-state index contributed by atoms with van der Waals surface area (Å²) >= 11 is 6.37. The number of halogens is 1. The third kappa shape index (κ3) is 2.67. The molecule has 1 atom stereocenters. The van der Waals surface area contributed by atoms with Gasteiger partial charge in [-0.2, -0.15) is 0 Å². The Bertz CT molecular complexity index is 454. The van der Waals surface area contributed by atoms with Crippen LogP contribution in [0.25, 0.3) is 0 Å². The summed E-state index contributed by atoms with van der Waals surface area (Å²) in [6, 6.07) is 4.29. The number of benzene rings is 1. The monoisotopic (exact) mass is 281 g/mol. The third-order valence-electron chi connectivity index (χ3n) is 4.06. The van der Waals surface area contributed by atoms with Crippen LogP contribution in [0, 0.1) is 0 Å². The van der Waals surface area contributed by atoms with Crippen molar-refractivity contribution < 1.29 is 9.47 Å². The van der Waals surface area contributed by atoms with Crippen molar-refractivity contribution in [3.05, 3.63) is 22.7 Å². The average Bonchev–Trinajstić information content (AvgIpc) is 2.88. The highest BCUT2D eigenvalue weighted by atomic mass is 35.5. The Morgan fingerprint density at radius 1 is 1.16 bits per heavy atom. The van der Waals surface area contributed by atoms with E-state index < -0.39 is 0 Å². The number of hydrogen-bond donors (Lipinski definition) is 1. The molecule has 1 N–H and O–H groups in total. The molecular formula is C15H20ClNO2. The van der Waals surface area contributed by atoms with Crippen LogP contribution in [-0.2, 0) is 0 Å². The summed E-state index contributed by atoms with van der Waals surface area (Å²) in [6.45, 7) is 1.06. The van der Waals surface area contributed by atoms with Crippen molar-refractivity contribution in [3.8, 4) is 11.5 Å². The molecule has 1 aliphatic heterocycles. The Kier molecular flexibility index (Phi) is 3.85. The summed E-state index contributed by atoms with van der Waals surface area (Å²) in [5.74, 6) is 1.57. The number of ether oxygens (including phenoxy) is 2. The van der Waals surface area contributed by atoms with Crippen LogP contribution < -0.4 is 14.8 Å². The second-order valence-corrected chi connectivity index (χ2v) is 5.75. The van der Waals surface area contributed by atoms with Gasteiger partial charge in [0.1, 0.15) is 0 Å². The first-order chi connectivity index (χ1) is 9.28. The summed E-state index contributed by atoms with van der Waals surface area (Å²) < 4.78 is 11.4. The number of methoxy groups -OCH3 is 1. The van der Waals surface area contributed by atoms with Crippen LogP contribution in [-0.4, -0.2) is 19.8 Å². The highest BCUT2D eigenvalue weighted by Gasteiger charge is 2.24. The minimum absolute atomic E-state index is 0.347. The van der Waals surface area contributed by atoms with E-state index in [9.17, 15) is 0 Å². The van der Waals surface area contributed by atoms with E-state index in [2.05, 4.69) is 11.4 Å². The van der Waals surface area contributed by atoms with Gasteiger partial charge in [0, 0.05) is 17.1 Å². The zero-order valence-electron chi connectivity index (χ0n) is 11.2. The van der Waals surface area contributed by atoms with Gasteiger partial charge in [0.05, 0.1) is 13.2 Å². The van der Waals surface area contributed by atoms with Crippen molar-refractivity contribution in [1.82, 2.24) is 5.32 Å². The molecule has 19 heavy (non-hydrogen) atoms. The van der Waals surface area contributed by atoms with Crippen LogP contribution in [0.4, 0.5) is 0 Å². The van der Waals surface area contributed by atoms with Crippen molar-refractivity contribution in [1.29, 1.82) is 0 Å². The van der Waals surface area contributed by atoms with E-state index in [1.807, 2.05) is 6.07 Å². The lowest BCUT2D eigenvalue weighted by Gasteiger charge is -2.28. The molecule has 1 heterocycles. The van der Waals surface area contributed by atoms with E-state index in [0.29, 0.717) is 12.1 Å². The van der Waals surface area contributed by atoms with Gasteiger partial charge in [0.25, 0.3) is 0 Å². The molecule has 1 aromatic carbocycles. The fourth-order valence-electron chi connectivity index (χ4n) is 2.69. The Balaban J connectivity index is 1.88. The molecule has 1 unspecified atom stereocenters. The zero-order chi connectivity index (χ0) is 13.2. The first-order valence-corrected chi connectivity index (χ1v) is 7.43. The predicted octanol–water partition coefficient (Wildman–Crippen LogP) is 3.70. The fourth-order valence-corrected chi connectivity index (χ4v) is 2.97. The lowest BCUT2D eigenvalue weighted by atomic mass is 9.96. The molecule has 1 aromatic rings. The second-order valence-electron chi connectivity index (χ2n) is 5.34. The van der Waals surface area contributed by atoms with Gasteiger partial charge in [-0.3, -0.25) is 0 Å². The molecule has 1 saturated carbocycles. The molecule has 0 bridgehead atoms. The molecule has 1 saturated heterocycles. The Morgan fingerprint density at radius 3 is 2.58 bits per heavy atom. The minimum Gasteiger partial charge on any atom is -0.493 e. The lowest BCUT2D eigenvalue weighted by Crippen LogP contribution is -2.25. The molecule has 104 valence electrons. The van der Waals surface area contributed by atoms with E-state index >= 15 is 0 Å². The molecule has 2 fully saturated rings. The summed E-state index contributed by atoms with van der Waals surface area (Å²) in [4.78, 5) is 0. The Morgan fingerprint density at radius 2 is 2.00 bits per heavy atom. The molecule has 3 nitrogen and oxygen atoms in total. The van der Waals surface area contributed by atoms with Gasteiger partial charge < -0.3 is 14.8 Å². The van der Waals surface area contributed by atoms with Gasteiger partial charge in [0.15, 0.2) is 11.5 Å². The first-order valence-electron chi connectivity index (χ1n) is 7.05. The maximum Gasteiger partial charge on any atom is 0.162 e. The van der Waals surface area contributed by atoms with E-state index in [1.165, 1.54) is 12.8 Å². The summed E-state index contributed by atoms with van der Waals surface area (Å²) in [5.41, 5.74) is 1.13. The number of rotatable bonds is 4. The van der Waals surface area contributed by atoms with E-state index in [1.54, 1.807) is 7.11 Å². The number of nitrogens with one attached hydrogen (secondary N) is 1. The Hall–Kier alpha value is -0.930. The summed E-state index contributed by atoms with van der Waals surface area (Å²) in [6.07, 6.45) is 6.23. The van der Waals surface area contributed by atoms with Crippen LogP contribution in [0.5, 0.6) is 11.5 Å². The summed E-state index contributed by atoms with van der Waals surface area (Å²) in [5, 5.41) is 4.24. The number of hydrogen-bond acceptors (Lipinski definition) is 3. The van der Waals surface area contributed by atoms with Crippen LogP contribution in [0.15, 0.2) is 12.1 Å². The largest absolute Gasteiger partial charge is 0.493 e. The molecule has 0 amide bonds. The highest BCUT2D eigenvalue weighted by Crippen LogP contribution is 2.40. The van der Waals surface area contributed by atoms with Crippen LogP contribution in [0.3, 0.4) is 0 Å². The molecular weight excluding hydrogens is 262 g/mol. The van der Waals surface area contributed by atoms with Gasteiger partial charge in [-0.15, -0.1) is 0 Å². The van der Waals surface area contributed by atoms with Crippen molar-refractivity contribution >= 4 is 11.6 Å². The van der Waals surface area contributed by atoms with Crippen molar-refractivity contribution in [2.75, 3.05) is 13.7 Å². The van der Waals surface area contributed by atoms with E-state index in [4.69, 9.17) is 21.1 Å². The molecule has 3 rings (SSSR count). The molecule has 2 aliphatic rings.